The van der Waals surface area contributed by atoms with Crippen LogP contribution in [0.4, 0.5) is 0 Å². The van der Waals surface area contributed by atoms with Gasteiger partial charge in [0.05, 0.1) is 0 Å². The van der Waals surface area contributed by atoms with Gasteiger partial charge in [0.1, 0.15) is 5.60 Å². The Morgan fingerprint density at radius 1 is 1.33 bits per heavy atom. The van der Waals surface area contributed by atoms with E-state index in [0.29, 0.717) is 16.9 Å². The van der Waals surface area contributed by atoms with E-state index in [1.54, 1.807) is 6.92 Å². The first-order valence-corrected chi connectivity index (χ1v) is 7.37. The quantitative estimate of drug-likeness (QED) is 0.560. The van der Waals surface area contributed by atoms with E-state index in [0.717, 1.165) is 18.8 Å². The first kappa shape index (κ1) is 12.3. The van der Waals surface area contributed by atoms with Crippen LogP contribution >= 0.6 is 0 Å². The fourth-order valence-corrected chi connectivity index (χ4v) is 4.84. The van der Waals surface area contributed by atoms with Gasteiger partial charge in [-0.3, -0.25) is 0 Å². The highest BCUT2D eigenvalue weighted by Gasteiger charge is 2.59. The van der Waals surface area contributed by atoms with Gasteiger partial charge in [-0.1, -0.05) is 13.5 Å². The summed E-state index contributed by atoms with van der Waals surface area (Å²) in [6, 6.07) is 0. The molecule has 0 aliphatic heterocycles. The second kappa shape index (κ2) is 3.85. The maximum atomic E-state index is 11.9. The summed E-state index contributed by atoms with van der Waals surface area (Å²) in [6.07, 6.45) is 8.74. The Bertz CT molecular complexity index is 392. The molecule has 4 aliphatic carbocycles. The highest BCUT2D eigenvalue weighted by atomic mass is 16.6. The lowest BCUT2D eigenvalue weighted by molar-refractivity contribution is -0.200. The number of hydrogen-bond acceptors (Lipinski definition) is 2. The van der Waals surface area contributed by atoms with Gasteiger partial charge < -0.3 is 4.74 Å². The second-order valence-corrected chi connectivity index (χ2v) is 7.00. The zero-order valence-corrected chi connectivity index (χ0v) is 11.6. The molecule has 0 radical (unpaired) electrons. The van der Waals surface area contributed by atoms with Crippen molar-refractivity contribution in [3.63, 3.8) is 0 Å². The monoisotopic (exact) mass is 248 g/mol. The zero-order chi connectivity index (χ0) is 13.0. The van der Waals surface area contributed by atoms with Crippen LogP contribution in [0.2, 0.25) is 0 Å². The third-order valence-electron chi connectivity index (χ3n) is 5.81. The Morgan fingerprint density at radius 3 is 2.67 bits per heavy atom. The zero-order valence-electron chi connectivity index (χ0n) is 11.6. The van der Waals surface area contributed by atoms with Gasteiger partial charge in [-0.2, -0.15) is 0 Å². The van der Waals surface area contributed by atoms with Gasteiger partial charge in [-0.15, -0.1) is 0 Å². The summed E-state index contributed by atoms with van der Waals surface area (Å²) in [4.78, 5) is 11.9. The van der Waals surface area contributed by atoms with Crippen LogP contribution in [-0.4, -0.2) is 11.6 Å². The lowest BCUT2D eigenvalue weighted by Gasteiger charge is -2.63. The van der Waals surface area contributed by atoms with Gasteiger partial charge in [-0.05, 0) is 69.1 Å². The van der Waals surface area contributed by atoms with Crippen molar-refractivity contribution in [1.29, 1.82) is 0 Å². The molecular weight excluding hydrogens is 224 g/mol. The van der Waals surface area contributed by atoms with E-state index in [1.807, 2.05) is 0 Å². The molecule has 2 heteroatoms. The van der Waals surface area contributed by atoms with Crippen molar-refractivity contribution in [3.8, 4) is 0 Å². The molecule has 0 aromatic rings. The second-order valence-electron chi connectivity index (χ2n) is 7.00. The third-order valence-corrected chi connectivity index (χ3v) is 5.81. The summed E-state index contributed by atoms with van der Waals surface area (Å²) in [5, 5.41) is 0. The predicted molar refractivity (Wildman–Crippen MR) is 71.0 cm³/mol. The van der Waals surface area contributed by atoms with Crippen molar-refractivity contribution in [2.45, 2.75) is 64.4 Å². The molecule has 4 fully saturated rings. The SMILES string of the molecule is C=C(C)C(=O)O[C@]1(CC)CCC23CC(CC1C2)C3. The van der Waals surface area contributed by atoms with E-state index < -0.39 is 0 Å². The molecule has 2 nitrogen and oxygen atoms in total. The van der Waals surface area contributed by atoms with Crippen LogP contribution in [0.25, 0.3) is 0 Å². The first-order valence-electron chi connectivity index (χ1n) is 7.37. The van der Waals surface area contributed by atoms with Gasteiger partial charge in [0, 0.05) is 5.57 Å². The van der Waals surface area contributed by atoms with E-state index in [4.69, 9.17) is 4.74 Å². The van der Waals surface area contributed by atoms with Crippen LogP contribution in [0, 0.1) is 17.3 Å². The van der Waals surface area contributed by atoms with Crippen LogP contribution in [0.3, 0.4) is 0 Å². The van der Waals surface area contributed by atoms with Gasteiger partial charge in [0.2, 0.25) is 0 Å². The van der Waals surface area contributed by atoms with Crippen LogP contribution in [-0.2, 0) is 9.53 Å². The Morgan fingerprint density at radius 2 is 2.06 bits per heavy atom. The summed E-state index contributed by atoms with van der Waals surface area (Å²) < 4.78 is 5.90. The van der Waals surface area contributed by atoms with E-state index in [2.05, 4.69) is 13.5 Å². The standard InChI is InChI=1S/C16H24O2/c1-4-16(18-14(17)11(2)3)6-5-15-8-12(9-15)7-13(16)10-15/h12-13H,2,4-10H2,1,3H3/t12?,13?,15?,16-/m1/s1. The summed E-state index contributed by atoms with van der Waals surface area (Å²) in [6.45, 7) is 7.63. The highest BCUT2D eigenvalue weighted by molar-refractivity contribution is 5.87. The Balaban J connectivity index is 1.80. The van der Waals surface area contributed by atoms with Gasteiger partial charge in [0.25, 0.3) is 0 Å². The molecule has 4 saturated carbocycles. The summed E-state index contributed by atoms with van der Waals surface area (Å²) in [7, 11) is 0. The number of ether oxygens (including phenoxy) is 1. The topological polar surface area (TPSA) is 26.3 Å². The van der Waals surface area contributed by atoms with E-state index >= 15 is 0 Å². The van der Waals surface area contributed by atoms with Crippen LogP contribution in [0.5, 0.6) is 0 Å². The molecule has 0 N–H and O–H groups in total. The minimum Gasteiger partial charge on any atom is -0.455 e. The smallest absolute Gasteiger partial charge is 0.333 e. The predicted octanol–water partition coefficient (Wildman–Crippen LogP) is 3.85. The molecule has 0 aromatic heterocycles. The maximum Gasteiger partial charge on any atom is 0.333 e. The van der Waals surface area contributed by atoms with Crippen molar-refractivity contribution in [2.24, 2.45) is 17.3 Å². The van der Waals surface area contributed by atoms with E-state index in [1.165, 1.54) is 32.1 Å². The van der Waals surface area contributed by atoms with Crippen molar-refractivity contribution in [1.82, 2.24) is 0 Å². The first-order chi connectivity index (χ1) is 8.49. The summed E-state index contributed by atoms with van der Waals surface area (Å²) >= 11 is 0. The number of esters is 1. The Labute approximate surface area is 110 Å². The Kier molecular flexibility index (Phi) is 2.62. The Hall–Kier alpha value is -0.790. The number of hydrogen-bond donors (Lipinski definition) is 0. The molecule has 4 rings (SSSR count). The summed E-state index contributed by atoms with van der Waals surface area (Å²) in [5.41, 5.74) is 0.990. The molecule has 1 unspecified atom stereocenters. The largest absolute Gasteiger partial charge is 0.455 e. The third kappa shape index (κ3) is 1.64. The number of rotatable bonds is 3. The van der Waals surface area contributed by atoms with Crippen LogP contribution in [0.1, 0.15) is 58.8 Å². The average Bonchev–Trinajstić information content (AvgIpc) is 2.32. The highest BCUT2D eigenvalue weighted by Crippen LogP contribution is 2.66. The van der Waals surface area contributed by atoms with Gasteiger partial charge >= 0.3 is 5.97 Å². The number of carbonyl (C=O) groups is 1. The lowest BCUT2D eigenvalue weighted by Crippen LogP contribution is -2.58. The van der Waals surface area contributed by atoms with Crippen molar-refractivity contribution in [2.75, 3.05) is 0 Å². The van der Waals surface area contributed by atoms with Crippen LogP contribution in [0.15, 0.2) is 12.2 Å². The maximum absolute atomic E-state index is 11.9. The van der Waals surface area contributed by atoms with E-state index in [-0.39, 0.29) is 11.6 Å². The molecule has 2 atom stereocenters. The molecule has 3 bridgehead atoms. The molecule has 0 amide bonds. The number of carbonyl (C=O) groups excluding carboxylic acids is 1. The lowest BCUT2D eigenvalue weighted by atomic mass is 9.44. The fraction of sp³-hybridized carbons (Fsp3) is 0.812. The summed E-state index contributed by atoms with van der Waals surface area (Å²) in [5.74, 6) is 1.33. The van der Waals surface area contributed by atoms with Crippen molar-refractivity contribution in [3.05, 3.63) is 12.2 Å². The van der Waals surface area contributed by atoms with Gasteiger partial charge in [-0.25, -0.2) is 4.79 Å². The van der Waals surface area contributed by atoms with Crippen molar-refractivity contribution < 1.29 is 9.53 Å². The van der Waals surface area contributed by atoms with Gasteiger partial charge in [0.15, 0.2) is 0 Å². The molecule has 0 saturated heterocycles. The molecular formula is C16H24O2. The molecule has 1 spiro atoms. The minimum atomic E-state index is -0.188. The normalized spacial score (nSPS) is 45.0. The average molecular weight is 248 g/mol. The van der Waals surface area contributed by atoms with Crippen LogP contribution < -0.4 is 0 Å². The van der Waals surface area contributed by atoms with E-state index in [9.17, 15) is 4.79 Å². The molecule has 0 heterocycles. The molecule has 100 valence electrons. The molecule has 18 heavy (non-hydrogen) atoms. The van der Waals surface area contributed by atoms with Crippen molar-refractivity contribution >= 4 is 5.97 Å². The molecule has 4 aliphatic rings. The molecule has 0 aromatic carbocycles. The fourth-order valence-electron chi connectivity index (χ4n) is 4.84. The minimum absolute atomic E-state index is 0.182.